The summed E-state index contributed by atoms with van der Waals surface area (Å²) in [5, 5.41) is 12.7. The van der Waals surface area contributed by atoms with E-state index in [2.05, 4.69) is 5.32 Å². The molecule has 0 radical (unpaired) electrons. The topological polar surface area (TPSA) is 113 Å². The van der Waals surface area contributed by atoms with Crippen molar-refractivity contribution in [2.24, 2.45) is 5.92 Å². The lowest BCUT2D eigenvalue weighted by Gasteiger charge is -2.27. The number of carboxylic acid groups (broad SMARTS) is 1. The van der Waals surface area contributed by atoms with Crippen LogP contribution in [0, 0.1) is 5.92 Å². The van der Waals surface area contributed by atoms with Gasteiger partial charge in [-0.05, 0) is 47.7 Å². The number of nitrogens with zero attached hydrogens (tertiary/aromatic N) is 1. The number of nitrogens with one attached hydrogen (secondary N) is 1. The molecule has 3 aromatic rings. The number of ether oxygens (including phenoxy) is 1. The highest BCUT2D eigenvalue weighted by Crippen LogP contribution is 2.33. The van der Waals surface area contributed by atoms with E-state index in [9.17, 15) is 23.1 Å². The molecule has 4 rings (SSSR count). The number of hydrogen-bond donors (Lipinski definition) is 2. The third-order valence-electron chi connectivity index (χ3n) is 6.79. The molecule has 8 nitrogen and oxygen atoms in total. The zero-order chi connectivity index (χ0) is 28.3. The molecular weight excluding hydrogens is 563 g/mol. The molecule has 1 fully saturated rings. The van der Waals surface area contributed by atoms with Gasteiger partial charge < -0.3 is 15.2 Å². The van der Waals surface area contributed by atoms with Crippen LogP contribution in [0.15, 0.2) is 71.6 Å². The summed E-state index contributed by atoms with van der Waals surface area (Å²) in [7, 11) is -2.52. The first kappa shape index (κ1) is 28.9. The Labute approximate surface area is 237 Å². The van der Waals surface area contributed by atoms with Gasteiger partial charge >= 0.3 is 5.97 Å². The van der Waals surface area contributed by atoms with Crippen molar-refractivity contribution in [2.75, 3.05) is 13.7 Å². The third kappa shape index (κ3) is 6.38. The predicted molar refractivity (Wildman–Crippen MR) is 150 cm³/mol. The van der Waals surface area contributed by atoms with Crippen molar-refractivity contribution in [3.8, 4) is 16.9 Å². The molecule has 0 spiro atoms. The van der Waals surface area contributed by atoms with Gasteiger partial charge in [-0.2, -0.15) is 4.31 Å². The molecule has 11 heteroatoms. The average Bonchev–Trinajstić information content (AvgIpc) is 3.30. The Morgan fingerprint density at radius 1 is 1.08 bits per heavy atom. The zero-order valence-electron chi connectivity index (χ0n) is 21.3. The van der Waals surface area contributed by atoms with E-state index in [1.165, 1.54) is 18.2 Å². The van der Waals surface area contributed by atoms with Crippen molar-refractivity contribution in [3.63, 3.8) is 0 Å². The zero-order valence-corrected chi connectivity index (χ0v) is 23.6. The lowest BCUT2D eigenvalue weighted by Crippen LogP contribution is -2.53. The van der Waals surface area contributed by atoms with Gasteiger partial charge in [0.05, 0.1) is 12.0 Å². The second-order valence-corrected chi connectivity index (χ2v) is 12.2. The van der Waals surface area contributed by atoms with Crippen LogP contribution in [0.2, 0.25) is 10.0 Å². The van der Waals surface area contributed by atoms with Gasteiger partial charge in [0.1, 0.15) is 17.8 Å². The van der Waals surface area contributed by atoms with Crippen LogP contribution in [-0.2, 0) is 26.0 Å². The van der Waals surface area contributed by atoms with E-state index >= 15 is 0 Å². The molecule has 1 saturated heterocycles. The van der Waals surface area contributed by atoms with E-state index in [0.717, 1.165) is 15.4 Å². The molecule has 0 aromatic heterocycles. The highest BCUT2D eigenvalue weighted by atomic mass is 35.5. The highest BCUT2D eigenvalue weighted by Gasteiger charge is 2.44. The third-order valence-corrected chi connectivity index (χ3v) is 9.09. The van der Waals surface area contributed by atoms with Crippen LogP contribution < -0.4 is 10.1 Å². The number of halogens is 2. The first-order valence-corrected chi connectivity index (χ1v) is 14.4. The number of benzene rings is 3. The summed E-state index contributed by atoms with van der Waals surface area (Å²) in [6.07, 6.45) is 0.457. The quantitative estimate of drug-likeness (QED) is 0.367. The smallest absolute Gasteiger partial charge is 0.326 e. The molecule has 39 heavy (non-hydrogen) atoms. The number of carboxylic acids is 1. The molecule has 2 N–H and O–H groups in total. The largest absolute Gasteiger partial charge is 0.496 e. The maximum atomic E-state index is 13.4. The number of aliphatic carboxylic acids is 1. The molecule has 3 aromatic carbocycles. The SMILES string of the molecule is COc1ccccc1-c1ccc(CC(NC(=O)C2[C@H](C)CCN2S(=O)(=O)c2cc(Cl)cc(Cl)c2)C(=O)O)cc1. The Bertz CT molecular complexity index is 1460. The highest BCUT2D eigenvalue weighted by molar-refractivity contribution is 7.89. The molecule has 0 aliphatic carbocycles. The predicted octanol–water partition coefficient (Wildman–Crippen LogP) is 4.88. The number of carbonyl (C=O) groups excluding carboxylic acids is 1. The monoisotopic (exact) mass is 590 g/mol. The van der Waals surface area contributed by atoms with Crippen LogP contribution in [0.4, 0.5) is 0 Å². The van der Waals surface area contributed by atoms with E-state index in [4.69, 9.17) is 27.9 Å². The molecule has 0 saturated carbocycles. The minimum absolute atomic E-state index is 0.0189. The Morgan fingerprint density at radius 3 is 2.33 bits per heavy atom. The fourth-order valence-corrected chi connectivity index (χ4v) is 7.21. The average molecular weight is 592 g/mol. The minimum atomic E-state index is -4.12. The Hall–Kier alpha value is -3.11. The first-order valence-electron chi connectivity index (χ1n) is 12.2. The van der Waals surface area contributed by atoms with Crippen LogP contribution in [0.3, 0.4) is 0 Å². The minimum Gasteiger partial charge on any atom is -0.496 e. The number of hydrogen-bond acceptors (Lipinski definition) is 5. The lowest BCUT2D eigenvalue weighted by molar-refractivity contribution is -0.142. The van der Waals surface area contributed by atoms with Crippen molar-refractivity contribution in [1.82, 2.24) is 9.62 Å². The summed E-state index contributed by atoms with van der Waals surface area (Å²) in [4.78, 5) is 25.3. The number of methoxy groups -OCH3 is 1. The van der Waals surface area contributed by atoms with Crippen molar-refractivity contribution in [2.45, 2.75) is 36.7 Å². The molecule has 3 atom stereocenters. The van der Waals surface area contributed by atoms with Gasteiger partial charge in [-0.1, -0.05) is 72.6 Å². The van der Waals surface area contributed by atoms with Crippen LogP contribution >= 0.6 is 23.2 Å². The van der Waals surface area contributed by atoms with Gasteiger partial charge in [-0.3, -0.25) is 4.79 Å². The maximum Gasteiger partial charge on any atom is 0.326 e. The summed E-state index contributed by atoms with van der Waals surface area (Å²) in [6.45, 7) is 1.87. The number of amides is 1. The van der Waals surface area contributed by atoms with Crippen LogP contribution in [0.1, 0.15) is 18.9 Å². The lowest BCUT2D eigenvalue weighted by atomic mass is 9.99. The van der Waals surface area contributed by atoms with Crippen LogP contribution in [-0.4, -0.2) is 55.4 Å². The first-order chi connectivity index (χ1) is 18.5. The van der Waals surface area contributed by atoms with Gasteiger partial charge in [0, 0.05) is 28.6 Å². The van der Waals surface area contributed by atoms with E-state index in [-0.39, 0.29) is 33.8 Å². The Balaban J connectivity index is 1.52. The maximum absolute atomic E-state index is 13.4. The van der Waals surface area contributed by atoms with Gasteiger partial charge in [-0.15, -0.1) is 0 Å². The molecule has 0 bridgehead atoms. The summed E-state index contributed by atoms with van der Waals surface area (Å²) in [6, 6.07) is 16.5. The fourth-order valence-electron chi connectivity index (χ4n) is 4.78. The Kier molecular flexibility index (Phi) is 8.86. The second-order valence-electron chi connectivity index (χ2n) is 9.43. The molecule has 1 amide bonds. The van der Waals surface area contributed by atoms with Crippen molar-refractivity contribution < 1.29 is 27.9 Å². The van der Waals surface area contributed by atoms with Crippen molar-refractivity contribution >= 4 is 45.1 Å². The standard InChI is InChI=1S/C28H28Cl2N2O6S/c1-17-11-12-32(39(36,37)22-15-20(29)14-21(30)16-22)26(17)27(33)31-24(28(34)35)13-18-7-9-19(10-8-18)23-5-3-4-6-25(23)38-2/h3-10,14-17,24,26H,11-13H2,1-2H3,(H,31,33)(H,34,35)/t17-,24?,26?/m1/s1. The van der Waals surface area contributed by atoms with E-state index in [1.54, 1.807) is 26.2 Å². The summed E-state index contributed by atoms with van der Waals surface area (Å²) in [5.41, 5.74) is 2.49. The van der Waals surface area contributed by atoms with E-state index in [0.29, 0.717) is 17.7 Å². The van der Waals surface area contributed by atoms with E-state index in [1.807, 2.05) is 36.4 Å². The number of carbonyl (C=O) groups is 2. The summed E-state index contributed by atoms with van der Waals surface area (Å²) in [5.74, 6) is -1.51. The molecule has 206 valence electrons. The molecule has 1 aliphatic heterocycles. The van der Waals surface area contributed by atoms with Crippen LogP contribution in [0.25, 0.3) is 11.1 Å². The molecule has 1 aliphatic rings. The van der Waals surface area contributed by atoms with Gasteiger partial charge in [0.2, 0.25) is 15.9 Å². The Morgan fingerprint density at radius 2 is 1.72 bits per heavy atom. The summed E-state index contributed by atoms with van der Waals surface area (Å²) >= 11 is 12.0. The molecule has 2 unspecified atom stereocenters. The number of rotatable bonds is 9. The fraction of sp³-hybridized carbons (Fsp3) is 0.286. The van der Waals surface area contributed by atoms with Crippen molar-refractivity contribution in [1.29, 1.82) is 0 Å². The normalized spacial score (nSPS) is 18.5. The van der Waals surface area contributed by atoms with Gasteiger partial charge in [-0.25, -0.2) is 13.2 Å². The van der Waals surface area contributed by atoms with Crippen LogP contribution in [0.5, 0.6) is 5.75 Å². The molecule has 1 heterocycles. The van der Waals surface area contributed by atoms with E-state index < -0.39 is 34.0 Å². The van der Waals surface area contributed by atoms with Gasteiger partial charge in [0.15, 0.2) is 0 Å². The second kappa shape index (κ2) is 12.0. The van der Waals surface area contributed by atoms with Gasteiger partial charge in [0.25, 0.3) is 0 Å². The number of sulfonamides is 1. The number of para-hydroxylation sites is 1. The summed E-state index contributed by atoms with van der Waals surface area (Å²) < 4.78 is 33.3. The van der Waals surface area contributed by atoms with Crippen molar-refractivity contribution in [3.05, 3.63) is 82.3 Å². The molecular formula is C28H28Cl2N2O6S.